The molecule has 2 aromatic carbocycles. The van der Waals surface area contributed by atoms with Crippen LogP contribution in [0, 0.1) is 0 Å². The molecule has 0 saturated carbocycles. The maximum atomic E-state index is 12.2. The van der Waals surface area contributed by atoms with E-state index in [1.54, 1.807) is 24.3 Å². The molecule has 26 heavy (non-hydrogen) atoms. The number of hydrogen-bond acceptors (Lipinski definition) is 3. The zero-order valence-corrected chi connectivity index (χ0v) is 16.1. The van der Waals surface area contributed by atoms with Crippen LogP contribution in [0.5, 0.6) is 0 Å². The highest BCUT2D eigenvalue weighted by molar-refractivity contribution is 6.42. The Morgan fingerprint density at radius 1 is 1.12 bits per heavy atom. The molecule has 5 nitrogen and oxygen atoms in total. The maximum absolute atomic E-state index is 12.2. The van der Waals surface area contributed by atoms with E-state index in [0.29, 0.717) is 34.0 Å². The van der Waals surface area contributed by atoms with E-state index in [1.807, 2.05) is 12.1 Å². The van der Waals surface area contributed by atoms with Crippen molar-refractivity contribution < 1.29 is 4.79 Å². The Labute approximate surface area is 162 Å². The van der Waals surface area contributed by atoms with E-state index in [9.17, 15) is 4.79 Å². The molecule has 0 aliphatic carbocycles. The smallest absolute Gasteiger partial charge is 0.251 e. The summed E-state index contributed by atoms with van der Waals surface area (Å²) in [5.74, 6) is 0.608. The number of H-pyrrole nitrogens is 1. The minimum atomic E-state index is -0.0923. The van der Waals surface area contributed by atoms with Gasteiger partial charge in [-0.05, 0) is 24.3 Å². The number of carbonyl (C=O) groups is 1. The molecule has 3 rings (SSSR count). The van der Waals surface area contributed by atoms with Crippen LogP contribution >= 0.6 is 23.2 Å². The summed E-state index contributed by atoms with van der Waals surface area (Å²) in [5, 5.41) is 7.10. The Balaban J connectivity index is 1.70. The third-order valence-electron chi connectivity index (χ3n) is 3.91. The molecule has 1 aromatic heterocycles. The lowest BCUT2D eigenvalue weighted by Crippen LogP contribution is -2.34. The van der Waals surface area contributed by atoms with Crippen molar-refractivity contribution in [3.8, 4) is 11.4 Å². The fourth-order valence-corrected chi connectivity index (χ4v) is 2.88. The number of rotatable bonds is 6. The quantitative estimate of drug-likeness (QED) is 0.550. The molecule has 0 fully saturated rings. The van der Waals surface area contributed by atoms with E-state index < -0.39 is 0 Å². The first kappa shape index (κ1) is 18.7. The summed E-state index contributed by atoms with van der Waals surface area (Å²) in [7, 11) is 0. The van der Waals surface area contributed by atoms with Crippen LogP contribution in [-0.4, -0.2) is 35.0 Å². The number of imidazole rings is 1. The van der Waals surface area contributed by atoms with E-state index in [0.717, 1.165) is 23.1 Å². The second-order valence-corrected chi connectivity index (χ2v) is 7.13. The van der Waals surface area contributed by atoms with Gasteiger partial charge in [0, 0.05) is 30.3 Å². The molecule has 0 saturated heterocycles. The number of carbonyl (C=O) groups excluding carboxylic acids is 1. The molecule has 3 aromatic rings. The summed E-state index contributed by atoms with van der Waals surface area (Å²) in [5.41, 5.74) is 3.05. The summed E-state index contributed by atoms with van der Waals surface area (Å²) in [6, 6.07) is 11.2. The maximum Gasteiger partial charge on any atom is 0.251 e. The summed E-state index contributed by atoms with van der Waals surface area (Å²) in [6.07, 6.45) is 0. The second-order valence-electron chi connectivity index (χ2n) is 6.31. The van der Waals surface area contributed by atoms with E-state index in [-0.39, 0.29) is 5.91 Å². The van der Waals surface area contributed by atoms with Gasteiger partial charge in [-0.25, -0.2) is 4.98 Å². The molecule has 3 N–H and O–H groups in total. The Bertz CT molecular complexity index is 880. The number of aromatic nitrogens is 2. The van der Waals surface area contributed by atoms with Crippen LogP contribution in [0.1, 0.15) is 24.2 Å². The van der Waals surface area contributed by atoms with Crippen molar-refractivity contribution in [3.63, 3.8) is 0 Å². The van der Waals surface area contributed by atoms with Crippen LogP contribution in [0.3, 0.4) is 0 Å². The summed E-state index contributed by atoms with van der Waals surface area (Å²) in [4.78, 5) is 19.9. The van der Waals surface area contributed by atoms with E-state index in [2.05, 4.69) is 34.4 Å². The molecule has 0 spiro atoms. The number of hydrogen-bond donors (Lipinski definition) is 3. The summed E-state index contributed by atoms with van der Waals surface area (Å²) in [6.45, 7) is 5.47. The van der Waals surface area contributed by atoms with Crippen molar-refractivity contribution in [1.82, 2.24) is 20.6 Å². The molecule has 136 valence electrons. The molecule has 0 unspecified atom stereocenters. The van der Waals surface area contributed by atoms with Crippen molar-refractivity contribution in [2.45, 2.75) is 19.9 Å². The standard InChI is InChI=1S/C19H20Cl2N4O/c1-11(2)22-7-8-23-19(26)13-5-3-12(4-6-13)18-24-16-9-14(20)15(21)10-17(16)25-18/h3-6,9-11,22H,7-8H2,1-2H3,(H,23,26)(H,24,25). The van der Waals surface area contributed by atoms with Gasteiger partial charge in [-0.3, -0.25) is 4.79 Å². The molecule has 0 aliphatic rings. The van der Waals surface area contributed by atoms with E-state index in [4.69, 9.17) is 23.2 Å². The van der Waals surface area contributed by atoms with Gasteiger partial charge in [0.15, 0.2) is 0 Å². The lowest BCUT2D eigenvalue weighted by Gasteiger charge is -2.09. The Hall–Kier alpha value is -2.08. The first-order valence-electron chi connectivity index (χ1n) is 8.41. The topological polar surface area (TPSA) is 69.8 Å². The number of amides is 1. The van der Waals surface area contributed by atoms with Crippen molar-refractivity contribution in [3.05, 3.63) is 52.0 Å². The molecular formula is C19H20Cl2N4O. The van der Waals surface area contributed by atoms with Crippen LogP contribution < -0.4 is 10.6 Å². The van der Waals surface area contributed by atoms with E-state index in [1.165, 1.54) is 0 Å². The Morgan fingerprint density at radius 3 is 2.50 bits per heavy atom. The number of halogens is 2. The fraction of sp³-hybridized carbons (Fsp3) is 0.263. The third-order valence-corrected chi connectivity index (χ3v) is 4.63. The monoisotopic (exact) mass is 390 g/mol. The number of nitrogens with one attached hydrogen (secondary N) is 3. The molecule has 1 amide bonds. The molecule has 7 heteroatoms. The van der Waals surface area contributed by atoms with Gasteiger partial charge in [0.2, 0.25) is 0 Å². The van der Waals surface area contributed by atoms with Gasteiger partial charge in [-0.2, -0.15) is 0 Å². The average molecular weight is 391 g/mol. The van der Waals surface area contributed by atoms with Gasteiger partial charge in [0.25, 0.3) is 5.91 Å². The van der Waals surface area contributed by atoms with Crippen LogP contribution in [-0.2, 0) is 0 Å². The molecule has 0 aliphatic heterocycles. The van der Waals surface area contributed by atoms with Gasteiger partial charge >= 0.3 is 0 Å². The van der Waals surface area contributed by atoms with Gasteiger partial charge < -0.3 is 15.6 Å². The van der Waals surface area contributed by atoms with Crippen molar-refractivity contribution in [2.24, 2.45) is 0 Å². The number of nitrogens with zero attached hydrogens (tertiary/aromatic N) is 1. The SMILES string of the molecule is CC(C)NCCNC(=O)c1ccc(-c2nc3cc(Cl)c(Cl)cc3[nH]2)cc1. The van der Waals surface area contributed by atoms with Crippen LogP contribution in [0.15, 0.2) is 36.4 Å². The molecule has 1 heterocycles. The highest BCUT2D eigenvalue weighted by Crippen LogP contribution is 2.28. The highest BCUT2D eigenvalue weighted by atomic mass is 35.5. The largest absolute Gasteiger partial charge is 0.351 e. The Kier molecular flexibility index (Phi) is 5.81. The third kappa shape index (κ3) is 4.36. The summed E-state index contributed by atoms with van der Waals surface area (Å²) < 4.78 is 0. The van der Waals surface area contributed by atoms with E-state index >= 15 is 0 Å². The number of benzene rings is 2. The first-order valence-corrected chi connectivity index (χ1v) is 9.16. The number of aromatic amines is 1. The molecule has 0 radical (unpaired) electrons. The average Bonchev–Trinajstić information content (AvgIpc) is 3.01. The lowest BCUT2D eigenvalue weighted by atomic mass is 10.1. The zero-order chi connectivity index (χ0) is 18.7. The van der Waals surface area contributed by atoms with Crippen molar-refractivity contribution in [1.29, 1.82) is 0 Å². The lowest BCUT2D eigenvalue weighted by molar-refractivity contribution is 0.0953. The highest BCUT2D eigenvalue weighted by Gasteiger charge is 2.10. The minimum absolute atomic E-state index is 0.0923. The predicted molar refractivity (Wildman–Crippen MR) is 107 cm³/mol. The van der Waals surface area contributed by atoms with Gasteiger partial charge in [0.05, 0.1) is 21.1 Å². The summed E-state index contributed by atoms with van der Waals surface area (Å²) >= 11 is 12.1. The van der Waals surface area contributed by atoms with Gasteiger partial charge in [-0.1, -0.05) is 49.2 Å². The van der Waals surface area contributed by atoms with Crippen LogP contribution in [0.4, 0.5) is 0 Å². The molecule has 0 atom stereocenters. The van der Waals surface area contributed by atoms with Gasteiger partial charge in [0.1, 0.15) is 5.82 Å². The zero-order valence-electron chi connectivity index (χ0n) is 14.6. The molecular weight excluding hydrogens is 371 g/mol. The van der Waals surface area contributed by atoms with Crippen molar-refractivity contribution >= 4 is 40.1 Å². The number of fused-ring (bicyclic) bond motifs is 1. The molecule has 0 bridgehead atoms. The van der Waals surface area contributed by atoms with Crippen molar-refractivity contribution in [2.75, 3.05) is 13.1 Å². The normalized spacial score (nSPS) is 11.3. The van der Waals surface area contributed by atoms with Crippen LogP contribution in [0.25, 0.3) is 22.4 Å². The predicted octanol–water partition coefficient (Wildman–Crippen LogP) is 4.26. The second kappa shape index (κ2) is 8.08. The fourth-order valence-electron chi connectivity index (χ4n) is 2.56. The minimum Gasteiger partial charge on any atom is -0.351 e. The first-order chi connectivity index (χ1) is 12.4. The Morgan fingerprint density at radius 2 is 1.81 bits per heavy atom. The van der Waals surface area contributed by atoms with Gasteiger partial charge in [-0.15, -0.1) is 0 Å². The van der Waals surface area contributed by atoms with Crippen LogP contribution in [0.2, 0.25) is 10.0 Å².